The summed E-state index contributed by atoms with van der Waals surface area (Å²) in [5, 5.41) is 4.62. The third-order valence-corrected chi connectivity index (χ3v) is 4.79. The van der Waals surface area contributed by atoms with E-state index in [2.05, 4.69) is 52.1 Å². The summed E-state index contributed by atoms with van der Waals surface area (Å²) in [6, 6.07) is 0. The molecule has 0 bridgehead atoms. The summed E-state index contributed by atoms with van der Waals surface area (Å²) < 4.78 is 0. The van der Waals surface area contributed by atoms with Crippen LogP contribution in [0.15, 0.2) is 16.4 Å². The molecule has 1 atom stereocenters. The maximum Gasteiger partial charge on any atom is 0.0457 e. The fourth-order valence-electron chi connectivity index (χ4n) is 3.09. The molecule has 2 rings (SSSR count). The van der Waals surface area contributed by atoms with Crippen molar-refractivity contribution in [2.45, 2.75) is 92.9 Å². The first kappa shape index (κ1) is 19.3. The Bertz CT molecular complexity index is 377. The van der Waals surface area contributed by atoms with Gasteiger partial charge in [-0.1, -0.05) is 60.3 Å². The van der Waals surface area contributed by atoms with Crippen LogP contribution in [-0.4, -0.2) is 5.71 Å². The smallest absolute Gasteiger partial charge is 0.0457 e. The molecule has 0 spiro atoms. The van der Waals surface area contributed by atoms with E-state index in [0.29, 0.717) is 11.8 Å². The van der Waals surface area contributed by atoms with Gasteiger partial charge in [-0.25, -0.2) is 0 Å². The second-order valence-electron chi connectivity index (χ2n) is 7.77. The summed E-state index contributed by atoms with van der Waals surface area (Å²) in [4.78, 5) is 0. The molecule has 0 amide bonds. The Morgan fingerprint density at radius 3 is 2.27 bits per heavy atom. The Morgan fingerprint density at radius 1 is 1.05 bits per heavy atom. The standard InChI is InChI=1S/C15H26N2.C5H12/c1-11(2)10-15-14-9-7-5-4-6-8-13(14)12(3)16-17-15;1-4-5(2)3/h11,14,16H,4-10H2,1-3H3;5H,4H2,1-3H3. The van der Waals surface area contributed by atoms with E-state index in [9.17, 15) is 0 Å². The topological polar surface area (TPSA) is 24.4 Å². The third kappa shape index (κ3) is 6.54. The van der Waals surface area contributed by atoms with Crippen molar-refractivity contribution in [2.24, 2.45) is 22.9 Å². The lowest BCUT2D eigenvalue weighted by Crippen LogP contribution is -2.29. The zero-order valence-electron chi connectivity index (χ0n) is 15.8. The normalized spacial score (nSPS) is 22.2. The second-order valence-corrected chi connectivity index (χ2v) is 7.77. The van der Waals surface area contributed by atoms with Gasteiger partial charge in [0.2, 0.25) is 0 Å². The van der Waals surface area contributed by atoms with Crippen LogP contribution in [0.2, 0.25) is 0 Å². The molecule has 1 fully saturated rings. The number of fused-ring (bicyclic) bond motifs is 1. The molecule has 2 nitrogen and oxygen atoms in total. The van der Waals surface area contributed by atoms with Crippen LogP contribution in [0.5, 0.6) is 0 Å². The molecule has 2 heteroatoms. The van der Waals surface area contributed by atoms with Gasteiger partial charge in [-0.3, -0.25) is 5.43 Å². The Balaban J connectivity index is 0.000000422. The first-order chi connectivity index (χ1) is 10.5. The van der Waals surface area contributed by atoms with Crippen molar-refractivity contribution in [2.75, 3.05) is 0 Å². The maximum atomic E-state index is 4.62. The number of hydrogen-bond acceptors (Lipinski definition) is 2. The van der Waals surface area contributed by atoms with E-state index in [1.807, 2.05) is 0 Å². The van der Waals surface area contributed by atoms with Gasteiger partial charge in [0.25, 0.3) is 0 Å². The molecule has 1 saturated carbocycles. The van der Waals surface area contributed by atoms with Gasteiger partial charge in [-0.05, 0) is 50.0 Å². The van der Waals surface area contributed by atoms with Crippen LogP contribution in [0, 0.1) is 17.8 Å². The largest absolute Gasteiger partial charge is 0.283 e. The van der Waals surface area contributed by atoms with E-state index in [1.165, 1.54) is 56.4 Å². The first-order valence-corrected chi connectivity index (χ1v) is 9.47. The van der Waals surface area contributed by atoms with Crippen molar-refractivity contribution >= 4 is 5.71 Å². The fraction of sp³-hybridized carbons (Fsp3) is 0.850. The van der Waals surface area contributed by atoms with Crippen LogP contribution in [0.1, 0.15) is 92.9 Å². The zero-order valence-corrected chi connectivity index (χ0v) is 15.8. The number of hydrogen-bond donors (Lipinski definition) is 1. The van der Waals surface area contributed by atoms with E-state index in [0.717, 1.165) is 12.3 Å². The molecule has 0 radical (unpaired) electrons. The predicted octanol–water partition coefficient (Wildman–Crippen LogP) is 6.29. The number of hydrazone groups is 1. The van der Waals surface area contributed by atoms with Crippen LogP contribution in [0.4, 0.5) is 0 Å². The average molecular weight is 307 g/mol. The van der Waals surface area contributed by atoms with Crippen LogP contribution in [0.3, 0.4) is 0 Å². The number of allylic oxidation sites excluding steroid dienone is 2. The molecule has 0 aromatic carbocycles. The molecule has 128 valence electrons. The van der Waals surface area contributed by atoms with E-state index in [-0.39, 0.29) is 0 Å². The lowest BCUT2D eigenvalue weighted by atomic mass is 9.79. The minimum Gasteiger partial charge on any atom is -0.283 e. The van der Waals surface area contributed by atoms with Crippen LogP contribution in [-0.2, 0) is 0 Å². The SMILES string of the molecule is CC1=C2CCCCCCC2C(CC(C)C)=NN1.CCC(C)C. The molecule has 22 heavy (non-hydrogen) atoms. The summed E-state index contributed by atoms with van der Waals surface area (Å²) in [6.45, 7) is 13.4. The van der Waals surface area contributed by atoms with Gasteiger partial charge in [0.15, 0.2) is 0 Å². The maximum absolute atomic E-state index is 4.62. The highest BCUT2D eigenvalue weighted by molar-refractivity contribution is 5.90. The molecule has 2 aliphatic rings. The van der Waals surface area contributed by atoms with Gasteiger partial charge >= 0.3 is 0 Å². The summed E-state index contributed by atoms with van der Waals surface area (Å²) in [5.74, 6) is 2.24. The number of nitrogens with zero attached hydrogens (tertiary/aromatic N) is 1. The Hall–Kier alpha value is -0.790. The summed E-state index contributed by atoms with van der Waals surface area (Å²) >= 11 is 0. The Kier molecular flexibility index (Phi) is 8.82. The lowest BCUT2D eigenvalue weighted by molar-refractivity contribution is 0.500. The van der Waals surface area contributed by atoms with Crippen LogP contribution in [0.25, 0.3) is 0 Å². The van der Waals surface area contributed by atoms with E-state index >= 15 is 0 Å². The van der Waals surface area contributed by atoms with Crippen LogP contribution < -0.4 is 5.43 Å². The molecule has 0 saturated heterocycles. The van der Waals surface area contributed by atoms with Gasteiger partial charge < -0.3 is 0 Å². The molecule has 1 aliphatic heterocycles. The first-order valence-electron chi connectivity index (χ1n) is 9.47. The molecular formula is C20H38N2. The third-order valence-electron chi connectivity index (χ3n) is 4.79. The molecule has 0 aromatic heterocycles. The van der Waals surface area contributed by atoms with Gasteiger partial charge in [0, 0.05) is 17.3 Å². The highest BCUT2D eigenvalue weighted by Gasteiger charge is 2.26. The van der Waals surface area contributed by atoms with Crippen molar-refractivity contribution < 1.29 is 0 Å². The lowest BCUT2D eigenvalue weighted by Gasteiger charge is -2.30. The van der Waals surface area contributed by atoms with Gasteiger partial charge in [0.05, 0.1) is 0 Å². The minimum atomic E-state index is 0.652. The van der Waals surface area contributed by atoms with Gasteiger partial charge in [-0.15, -0.1) is 0 Å². The number of nitrogens with one attached hydrogen (secondary N) is 1. The molecule has 0 aromatic rings. The van der Waals surface area contributed by atoms with Crippen molar-refractivity contribution in [3.63, 3.8) is 0 Å². The Morgan fingerprint density at radius 2 is 1.68 bits per heavy atom. The summed E-state index contributed by atoms with van der Waals surface area (Å²) in [7, 11) is 0. The van der Waals surface area contributed by atoms with E-state index < -0.39 is 0 Å². The zero-order chi connectivity index (χ0) is 16.5. The fourth-order valence-corrected chi connectivity index (χ4v) is 3.09. The monoisotopic (exact) mass is 306 g/mol. The van der Waals surface area contributed by atoms with Crippen molar-refractivity contribution in [1.29, 1.82) is 0 Å². The van der Waals surface area contributed by atoms with Gasteiger partial charge in [-0.2, -0.15) is 5.10 Å². The minimum absolute atomic E-state index is 0.652. The predicted molar refractivity (Wildman–Crippen MR) is 99.0 cm³/mol. The van der Waals surface area contributed by atoms with Gasteiger partial charge in [0.1, 0.15) is 0 Å². The number of rotatable bonds is 3. The summed E-state index contributed by atoms with van der Waals surface area (Å²) in [5.41, 5.74) is 7.63. The molecule has 1 aliphatic carbocycles. The highest BCUT2D eigenvalue weighted by Crippen LogP contribution is 2.33. The van der Waals surface area contributed by atoms with E-state index in [1.54, 1.807) is 5.57 Å². The van der Waals surface area contributed by atoms with Crippen molar-refractivity contribution in [3.05, 3.63) is 11.3 Å². The van der Waals surface area contributed by atoms with Crippen LogP contribution >= 0.6 is 0 Å². The average Bonchev–Trinajstić information content (AvgIpc) is 2.42. The molecule has 1 heterocycles. The van der Waals surface area contributed by atoms with Crippen molar-refractivity contribution in [1.82, 2.24) is 5.43 Å². The summed E-state index contributed by atoms with van der Waals surface area (Å²) in [6.07, 6.45) is 10.6. The molecular weight excluding hydrogens is 268 g/mol. The Labute approximate surface area is 138 Å². The highest BCUT2D eigenvalue weighted by atomic mass is 15.3. The second kappa shape index (κ2) is 10.1. The quantitative estimate of drug-likeness (QED) is 0.651. The van der Waals surface area contributed by atoms with E-state index in [4.69, 9.17) is 0 Å². The molecule has 1 N–H and O–H groups in total. The van der Waals surface area contributed by atoms with Crippen molar-refractivity contribution in [3.8, 4) is 0 Å². The molecule has 1 unspecified atom stereocenters.